The Morgan fingerprint density at radius 3 is 2.35 bits per heavy atom. The molecule has 2 heterocycles. The summed E-state index contributed by atoms with van der Waals surface area (Å²) in [4.78, 5) is 13.9. The van der Waals surface area contributed by atoms with Crippen LogP contribution in [0.5, 0.6) is 0 Å². The van der Waals surface area contributed by atoms with Gasteiger partial charge >= 0.3 is 0 Å². The second-order valence-corrected chi connectivity index (χ2v) is 7.31. The summed E-state index contributed by atoms with van der Waals surface area (Å²) < 4.78 is 1.10. The third kappa shape index (κ3) is 3.00. The molecule has 1 aromatic carbocycles. The highest BCUT2D eigenvalue weighted by molar-refractivity contribution is 9.10. The number of nitrogens with zero attached hydrogens (tertiary/aromatic N) is 3. The summed E-state index contributed by atoms with van der Waals surface area (Å²) in [5.41, 5.74) is 2.53. The molecule has 0 spiro atoms. The van der Waals surface area contributed by atoms with E-state index in [1.54, 1.807) is 17.7 Å². The first-order valence-electron chi connectivity index (χ1n) is 7.96. The van der Waals surface area contributed by atoms with Gasteiger partial charge in [0.1, 0.15) is 17.0 Å². The van der Waals surface area contributed by atoms with Crippen molar-refractivity contribution in [2.24, 2.45) is 0 Å². The van der Waals surface area contributed by atoms with Crippen LogP contribution in [0.15, 0.2) is 35.1 Å². The van der Waals surface area contributed by atoms with Crippen LogP contribution in [0.1, 0.15) is 25.6 Å². The highest BCUT2D eigenvalue weighted by atomic mass is 79.9. The second kappa shape index (κ2) is 6.97. The summed E-state index contributed by atoms with van der Waals surface area (Å²) in [6.07, 6.45) is 2.70. The highest BCUT2D eigenvalue weighted by Gasteiger charge is 2.20. The molecule has 0 saturated heterocycles. The van der Waals surface area contributed by atoms with Crippen molar-refractivity contribution in [3.8, 4) is 11.1 Å². The number of rotatable bonds is 5. The van der Waals surface area contributed by atoms with Gasteiger partial charge in [-0.1, -0.05) is 35.0 Å². The van der Waals surface area contributed by atoms with Gasteiger partial charge in [-0.2, -0.15) is 0 Å². The van der Waals surface area contributed by atoms with Crippen LogP contribution >= 0.6 is 27.3 Å². The normalized spacial score (nSPS) is 11.1. The van der Waals surface area contributed by atoms with E-state index in [1.807, 2.05) is 0 Å². The number of thiophene rings is 1. The van der Waals surface area contributed by atoms with Crippen molar-refractivity contribution in [1.29, 1.82) is 0 Å². The molecule has 0 aliphatic carbocycles. The van der Waals surface area contributed by atoms with E-state index in [1.165, 1.54) is 21.4 Å². The minimum Gasteiger partial charge on any atom is -0.357 e. The van der Waals surface area contributed by atoms with Gasteiger partial charge in [0.2, 0.25) is 0 Å². The minimum absolute atomic E-state index is 0.944. The first-order valence-corrected chi connectivity index (χ1v) is 9.57. The fourth-order valence-electron chi connectivity index (χ4n) is 2.90. The first kappa shape index (κ1) is 16.4. The van der Waals surface area contributed by atoms with Crippen molar-refractivity contribution >= 4 is 43.3 Å². The number of anilines is 1. The van der Waals surface area contributed by atoms with Crippen LogP contribution < -0.4 is 4.90 Å². The Labute approximate surface area is 149 Å². The zero-order valence-corrected chi connectivity index (χ0v) is 16.0. The lowest BCUT2D eigenvalue weighted by Gasteiger charge is -2.21. The molecule has 0 unspecified atom stereocenters. The molecule has 3 aromatic rings. The highest BCUT2D eigenvalue weighted by Crippen LogP contribution is 2.42. The number of fused-ring (bicyclic) bond motifs is 1. The molecule has 0 atom stereocenters. The monoisotopic (exact) mass is 389 g/mol. The molecule has 0 saturated carbocycles. The fraction of sp³-hybridized carbons (Fsp3) is 0.333. The Morgan fingerprint density at radius 1 is 1.04 bits per heavy atom. The van der Waals surface area contributed by atoms with E-state index in [4.69, 9.17) is 0 Å². The Morgan fingerprint density at radius 2 is 1.74 bits per heavy atom. The summed E-state index contributed by atoms with van der Waals surface area (Å²) in [5, 5.41) is 1.19. The molecule has 3 rings (SSSR count). The van der Waals surface area contributed by atoms with Gasteiger partial charge in [0.05, 0.1) is 5.39 Å². The topological polar surface area (TPSA) is 29.0 Å². The maximum absolute atomic E-state index is 4.61. The Kier molecular flexibility index (Phi) is 4.97. The van der Waals surface area contributed by atoms with Gasteiger partial charge in [-0.15, -0.1) is 11.3 Å². The summed E-state index contributed by atoms with van der Waals surface area (Å²) in [6.45, 7) is 8.44. The van der Waals surface area contributed by atoms with Crippen LogP contribution in [0, 0.1) is 0 Å². The number of hydrogen-bond donors (Lipinski definition) is 0. The van der Waals surface area contributed by atoms with Crippen molar-refractivity contribution in [2.45, 2.75) is 27.2 Å². The van der Waals surface area contributed by atoms with Gasteiger partial charge in [-0.25, -0.2) is 9.97 Å². The predicted molar refractivity (Wildman–Crippen MR) is 103 cm³/mol. The van der Waals surface area contributed by atoms with Crippen molar-refractivity contribution in [2.75, 3.05) is 18.0 Å². The molecular formula is C18H20BrN3S. The van der Waals surface area contributed by atoms with Crippen LogP contribution in [0.3, 0.4) is 0 Å². The smallest absolute Gasteiger partial charge is 0.141 e. The molecule has 0 bridgehead atoms. The Bertz CT molecular complexity index is 807. The molecule has 2 aromatic heterocycles. The molecule has 120 valence electrons. The van der Waals surface area contributed by atoms with Crippen molar-refractivity contribution < 1.29 is 0 Å². The zero-order chi connectivity index (χ0) is 16.4. The standard InChI is InChI=1S/C18H20BrN3S/c1-4-14-15(12-7-9-13(19)10-8-12)16-17(22(5-2)6-3)20-11-21-18(16)23-14/h7-11H,4-6H2,1-3H3. The quantitative estimate of drug-likeness (QED) is 0.574. The van der Waals surface area contributed by atoms with E-state index in [0.717, 1.165) is 34.6 Å². The van der Waals surface area contributed by atoms with Gasteiger partial charge in [0.25, 0.3) is 0 Å². The minimum atomic E-state index is 0.944. The maximum Gasteiger partial charge on any atom is 0.141 e. The first-order chi connectivity index (χ1) is 11.2. The van der Waals surface area contributed by atoms with Crippen molar-refractivity contribution in [3.05, 3.63) is 39.9 Å². The average molecular weight is 390 g/mol. The van der Waals surface area contributed by atoms with Crippen LogP contribution in [0.4, 0.5) is 5.82 Å². The molecule has 0 aliphatic rings. The predicted octanol–water partition coefficient (Wildman–Crippen LogP) is 5.53. The maximum atomic E-state index is 4.61. The molecule has 0 aliphatic heterocycles. The van der Waals surface area contributed by atoms with E-state index >= 15 is 0 Å². The van der Waals surface area contributed by atoms with Crippen molar-refractivity contribution in [3.63, 3.8) is 0 Å². The lowest BCUT2D eigenvalue weighted by molar-refractivity contribution is 0.849. The number of halogens is 1. The third-order valence-corrected chi connectivity index (χ3v) is 5.83. The summed E-state index contributed by atoms with van der Waals surface area (Å²) in [6, 6.07) is 8.53. The number of hydrogen-bond acceptors (Lipinski definition) is 4. The second-order valence-electron chi connectivity index (χ2n) is 5.31. The Hall–Kier alpha value is -1.46. The number of aromatic nitrogens is 2. The van der Waals surface area contributed by atoms with E-state index < -0.39 is 0 Å². The van der Waals surface area contributed by atoms with E-state index in [-0.39, 0.29) is 0 Å². The van der Waals surface area contributed by atoms with Gasteiger partial charge < -0.3 is 4.90 Å². The number of benzene rings is 1. The van der Waals surface area contributed by atoms with Gasteiger partial charge in [0.15, 0.2) is 0 Å². The SMILES string of the molecule is CCc1sc2ncnc(N(CC)CC)c2c1-c1ccc(Br)cc1. The van der Waals surface area contributed by atoms with Gasteiger partial charge in [-0.3, -0.25) is 0 Å². The fourth-order valence-corrected chi connectivity index (χ4v) is 4.26. The van der Waals surface area contributed by atoms with E-state index in [2.05, 4.69) is 75.8 Å². The van der Waals surface area contributed by atoms with Crippen molar-refractivity contribution in [1.82, 2.24) is 9.97 Å². The van der Waals surface area contributed by atoms with E-state index in [0.29, 0.717) is 0 Å². The molecule has 3 nitrogen and oxygen atoms in total. The summed E-state index contributed by atoms with van der Waals surface area (Å²) in [5.74, 6) is 1.05. The van der Waals surface area contributed by atoms with Gasteiger partial charge in [-0.05, 0) is 38.0 Å². The molecule has 0 fully saturated rings. The summed E-state index contributed by atoms with van der Waals surface area (Å²) >= 11 is 5.31. The lowest BCUT2D eigenvalue weighted by Crippen LogP contribution is -2.23. The third-order valence-electron chi connectivity index (χ3n) is 4.06. The molecular weight excluding hydrogens is 370 g/mol. The molecule has 23 heavy (non-hydrogen) atoms. The van der Waals surface area contributed by atoms with Crippen LogP contribution in [0.25, 0.3) is 21.3 Å². The molecule has 0 amide bonds. The average Bonchev–Trinajstić information content (AvgIpc) is 2.96. The molecule has 0 N–H and O–H groups in total. The van der Waals surface area contributed by atoms with Crippen LogP contribution in [-0.2, 0) is 6.42 Å². The Balaban J connectivity index is 2.32. The largest absolute Gasteiger partial charge is 0.357 e. The van der Waals surface area contributed by atoms with Crippen LogP contribution in [-0.4, -0.2) is 23.1 Å². The lowest BCUT2D eigenvalue weighted by atomic mass is 10.0. The molecule has 5 heteroatoms. The number of aryl methyl sites for hydroxylation is 1. The molecule has 0 radical (unpaired) electrons. The summed E-state index contributed by atoms with van der Waals surface area (Å²) in [7, 11) is 0. The van der Waals surface area contributed by atoms with Gasteiger partial charge in [0, 0.05) is 28.0 Å². The van der Waals surface area contributed by atoms with Crippen LogP contribution in [0.2, 0.25) is 0 Å². The zero-order valence-electron chi connectivity index (χ0n) is 13.6. The van der Waals surface area contributed by atoms with E-state index in [9.17, 15) is 0 Å².